The van der Waals surface area contributed by atoms with Crippen molar-refractivity contribution in [3.63, 3.8) is 0 Å². The van der Waals surface area contributed by atoms with E-state index in [9.17, 15) is 4.79 Å². The number of tetrazole rings is 1. The molecule has 0 bridgehead atoms. The van der Waals surface area contributed by atoms with E-state index in [2.05, 4.69) is 42.1 Å². The van der Waals surface area contributed by atoms with Gasteiger partial charge in [0.2, 0.25) is 5.16 Å². The minimum Gasteiger partial charge on any atom is -0.490 e. The predicted molar refractivity (Wildman–Crippen MR) is 136 cm³/mol. The Hall–Kier alpha value is -2.63. The van der Waals surface area contributed by atoms with Gasteiger partial charge in [0.25, 0.3) is 5.91 Å². The van der Waals surface area contributed by atoms with Crippen molar-refractivity contribution in [3.8, 4) is 11.5 Å². The Bertz CT molecular complexity index is 1080. The summed E-state index contributed by atoms with van der Waals surface area (Å²) in [6.07, 6.45) is 0.977. The molecule has 11 heteroatoms. The van der Waals surface area contributed by atoms with E-state index in [0.717, 1.165) is 45.2 Å². The number of benzene rings is 2. The molecule has 0 aliphatic rings. The number of hydrogen-bond donors (Lipinski definition) is 2. The fourth-order valence-electron chi connectivity index (χ4n) is 3.00. The second-order valence-electron chi connectivity index (χ2n) is 7.49. The third kappa shape index (κ3) is 8.00. The first-order valence-corrected chi connectivity index (χ1v) is 12.7. The molecule has 1 aromatic heterocycles. The van der Waals surface area contributed by atoms with Crippen LogP contribution in [0.1, 0.15) is 24.5 Å². The van der Waals surface area contributed by atoms with E-state index < -0.39 is 0 Å². The monoisotopic (exact) mass is 548 g/mol. The molecule has 0 fully saturated rings. The van der Waals surface area contributed by atoms with Crippen LogP contribution in [-0.2, 0) is 18.4 Å². The number of ether oxygens (including phenoxy) is 2. The van der Waals surface area contributed by atoms with Crippen LogP contribution in [0.4, 0.5) is 5.69 Å². The molecule has 182 valence electrons. The van der Waals surface area contributed by atoms with Crippen LogP contribution < -0.4 is 20.1 Å². The van der Waals surface area contributed by atoms with Gasteiger partial charge in [-0.1, -0.05) is 45.4 Å². The first-order chi connectivity index (χ1) is 16.5. The number of nitrogens with one attached hydrogen (secondary N) is 2. The number of carbonyl (C=O) groups excluding carboxylic acids is 1. The molecule has 34 heavy (non-hydrogen) atoms. The van der Waals surface area contributed by atoms with Gasteiger partial charge in [0.1, 0.15) is 0 Å². The zero-order valence-corrected chi connectivity index (χ0v) is 21.9. The highest BCUT2D eigenvalue weighted by Gasteiger charge is 2.13. The standard InChI is InChI=1S/C23H29BrN6O3S/c1-4-32-20-12-17(14-25-10-5-11-34-23-27-28-29-30(23)3)19(24)13-21(20)33-15-22(31)26-18-8-6-16(2)7-9-18/h6-9,12-13,25H,4-5,10-11,14-15H2,1-3H3,(H,26,31). The number of halogens is 1. The molecular weight excluding hydrogens is 520 g/mol. The summed E-state index contributed by atoms with van der Waals surface area (Å²) < 4.78 is 14.1. The third-order valence-electron chi connectivity index (χ3n) is 4.73. The zero-order valence-electron chi connectivity index (χ0n) is 19.5. The van der Waals surface area contributed by atoms with Crippen LogP contribution in [0.3, 0.4) is 0 Å². The fraction of sp³-hybridized carbons (Fsp3) is 0.391. The van der Waals surface area contributed by atoms with E-state index in [1.165, 1.54) is 0 Å². The van der Waals surface area contributed by atoms with Crippen molar-refractivity contribution in [2.24, 2.45) is 7.05 Å². The maximum atomic E-state index is 12.3. The molecule has 0 unspecified atom stereocenters. The van der Waals surface area contributed by atoms with Gasteiger partial charge in [0.05, 0.1) is 6.61 Å². The Labute approximate surface area is 212 Å². The fourth-order valence-corrected chi connectivity index (χ4v) is 4.25. The minimum absolute atomic E-state index is 0.114. The first-order valence-electron chi connectivity index (χ1n) is 11.0. The van der Waals surface area contributed by atoms with Gasteiger partial charge in [0.15, 0.2) is 18.1 Å². The first kappa shape index (κ1) is 26.0. The number of carbonyl (C=O) groups is 1. The number of hydrogen-bond acceptors (Lipinski definition) is 8. The van der Waals surface area contributed by atoms with Crippen molar-refractivity contribution in [3.05, 3.63) is 52.0 Å². The topological polar surface area (TPSA) is 103 Å². The number of nitrogens with zero attached hydrogens (tertiary/aromatic N) is 4. The number of thioether (sulfide) groups is 1. The highest BCUT2D eigenvalue weighted by atomic mass is 79.9. The summed E-state index contributed by atoms with van der Waals surface area (Å²) in [5.41, 5.74) is 2.91. The highest BCUT2D eigenvalue weighted by Crippen LogP contribution is 2.34. The molecular formula is C23H29BrN6O3S. The highest BCUT2D eigenvalue weighted by molar-refractivity contribution is 9.10. The number of anilines is 1. The summed E-state index contributed by atoms with van der Waals surface area (Å²) >= 11 is 5.24. The van der Waals surface area contributed by atoms with Crippen molar-refractivity contribution >= 4 is 39.3 Å². The van der Waals surface area contributed by atoms with E-state index in [4.69, 9.17) is 9.47 Å². The summed E-state index contributed by atoms with van der Waals surface area (Å²) in [7, 11) is 1.83. The van der Waals surface area contributed by atoms with E-state index in [1.807, 2.05) is 57.3 Å². The minimum atomic E-state index is -0.233. The van der Waals surface area contributed by atoms with Crippen LogP contribution in [-0.4, -0.2) is 51.6 Å². The molecule has 1 amide bonds. The van der Waals surface area contributed by atoms with Gasteiger partial charge >= 0.3 is 0 Å². The van der Waals surface area contributed by atoms with E-state index in [-0.39, 0.29) is 12.5 Å². The molecule has 0 saturated heterocycles. The van der Waals surface area contributed by atoms with Gasteiger partial charge in [-0.2, -0.15) is 0 Å². The molecule has 3 aromatic rings. The summed E-state index contributed by atoms with van der Waals surface area (Å²) in [4.78, 5) is 12.3. The molecule has 0 aliphatic carbocycles. The van der Waals surface area contributed by atoms with Gasteiger partial charge < -0.3 is 20.1 Å². The van der Waals surface area contributed by atoms with Crippen LogP contribution in [0.5, 0.6) is 11.5 Å². The molecule has 0 atom stereocenters. The predicted octanol–water partition coefficient (Wildman–Crippen LogP) is 3.97. The molecule has 2 aromatic carbocycles. The van der Waals surface area contributed by atoms with Crippen molar-refractivity contribution in [1.29, 1.82) is 0 Å². The summed E-state index contributed by atoms with van der Waals surface area (Å²) in [5.74, 6) is 1.81. The number of amides is 1. The summed E-state index contributed by atoms with van der Waals surface area (Å²) in [5, 5.41) is 18.5. The van der Waals surface area contributed by atoms with Crippen LogP contribution in [0.2, 0.25) is 0 Å². The Morgan fingerprint density at radius 3 is 2.65 bits per heavy atom. The number of aromatic nitrogens is 4. The van der Waals surface area contributed by atoms with Gasteiger partial charge in [-0.05, 0) is 67.1 Å². The van der Waals surface area contributed by atoms with Crippen molar-refractivity contribution in [2.75, 3.05) is 30.8 Å². The largest absolute Gasteiger partial charge is 0.490 e. The second-order valence-corrected chi connectivity index (χ2v) is 9.41. The Morgan fingerprint density at radius 2 is 1.94 bits per heavy atom. The lowest BCUT2D eigenvalue weighted by Gasteiger charge is -2.15. The Kier molecular flexibility index (Phi) is 10.2. The van der Waals surface area contributed by atoms with Crippen LogP contribution >= 0.6 is 27.7 Å². The molecule has 2 N–H and O–H groups in total. The quantitative estimate of drug-likeness (QED) is 0.244. The van der Waals surface area contributed by atoms with Crippen LogP contribution in [0.15, 0.2) is 46.0 Å². The molecule has 0 spiro atoms. The van der Waals surface area contributed by atoms with Crippen LogP contribution in [0.25, 0.3) is 0 Å². The van der Waals surface area contributed by atoms with E-state index in [1.54, 1.807) is 16.4 Å². The van der Waals surface area contributed by atoms with Gasteiger partial charge in [0, 0.05) is 29.5 Å². The maximum Gasteiger partial charge on any atom is 0.262 e. The molecule has 0 saturated carbocycles. The lowest BCUT2D eigenvalue weighted by molar-refractivity contribution is -0.118. The number of aryl methyl sites for hydroxylation is 2. The lowest BCUT2D eigenvalue weighted by Crippen LogP contribution is -2.20. The molecule has 3 rings (SSSR count). The second kappa shape index (κ2) is 13.3. The van der Waals surface area contributed by atoms with Crippen LogP contribution in [0, 0.1) is 6.92 Å². The number of rotatable bonds is 13. The average molecular weight is 549 g/mol. The summed E-state index contributed by atoms with van der Waals surface area (Å²) in [6.45, 7) is 5.82. The van der Waals surface area contributed by atoms with Crippen molar-refractivity contribution in [2.45, 2.75) is 32.0 Å². The summed E-state index contributed by atoms with van der Waals surface area (Å²) in [6, 6.07) is 11.4. The molecule has 0 radical (unpaired) electrons. The normalized spacial score (nSPS) is 10.8. The van der Waals surface area contributed by atoms with Gasteiger partial charge in [-0.25, -0.2) is 4.68 Å². The average Bonchev–Trinajstić information content (AvgIpc) is 3.23. The van der Waals surface area contributed by atoms with Gasteiger partial charge in [-0.15, -0.1) is 5.10 Å². The van der Waals surface area contributed by atoms with Gasteiger partial charge in [-0.3, -0.25) is 4.79 Å². The maximum absolute atomic E-state index is 12.3. The molecule has 9 nitrogen and oxygen atoms in total. The Morgan fingerprint density at radius 1 is 1.18 bits per heavy atom. The smallest absolute Gasteiger partial charge is 0.262 e. The third-order valence-corrected chi connectivity index (χ3v) is 6.57. The van der Waals surface area contributed by atoms with Crippen molar-refractivity contribution < 1.29 is 14.3 Å². The Balaban J connectivity index is 1.48. The van der Waals surface area contributed by atoms with E-state index in [0.29, 0.717) is 24.7 Å². The molecule has 1 heterocycles. The lowest BCUT2D eigenvalue weighted by atomic mass is 10.2. The SMILES string of the molecule is CCOc1cc(CNCCCSc2nnnn2C)c(Br)cc1OCC(=O)Nc1ccc(C)cc1. The van der Waals surface area contributed by atoms with E-state index >= 15 is 0 Å². The van der Waals surface area contributed by atoms with Crippen molar-refractivity contribution in [1.82, 2.24) is 25.5 Å². The molecule has 0 aliphatic heterocycles. The zero-order chi connectivity index (χ0) is 24.3.